The van der Waals surface area contributed by atoms with Crippen LogP contribution in [0.4, 0.5) is 0 Å². The van der Waals surface area contributed by atoms with E-state index in [1.807, 2.05) is 51.1 Å². The van der Waals surface area contributed by atoms with Gasteiger partial charge in [0, 0.05) is 17.3 Å². The highest BCUT2D eigenvalue weighted by Gasteiger charge is 2.49. The molecule has 0 aliphatic heterocycles. The van der Waals surface area contributed by atoms with Crippen LogP contribution in [0.2, 0.25) is 36.3 Å². The zero-order valence-corrected chi connectivity index (χ0v) is 31.1. The van der Waals surface area contributed by atoms with Crippen molar-refractivity contribution in [3.63, 3.8) is 0 Å². The molecular weight excluding hydrogens is 545 g/mol. The fraction of sp³-hybridized carbons (Fsp3) is 0.735. The lowest BCUT2D eigenvalue weighted by Crippen LogP contribution is -2.54. The Balaban J connectivity index is 3.27. The molecule has 1 aromatic rings. The topological polar surface area (TPSA) is 54.0 Å². The fourth-order valence-corrected chi connectivity index (χ4v) is 7.40. The molecule has 0 saturated carbocycles. The van der Waals surface area contributed by atoms with Gasteiger partial charge in [0.25, 0.3) is 0 Å². The first-order valence-electron chi connectivity index (χ1n) is 15.2. The summed E-state index contributed by atoms with van der Waals surface area (Å²) in [5.74, 6) is 0.700. The van der Waals surface area contributed by atoms with Crippen LogP contribution in [-0.2, 0) is 25.0 Å². The number of hydrogen-bond acceptors (Lipinski definition) is 5. The predicted molar refractivity (Wildman–Crippen MR) is 179 cm³/mol. The standard InChI is InChI=1S/C34H62O5Si2/c1-17-18-29(38-40(13,14)32(4,5)6)34(10,11)31(35)26(3)30(39-41(15,16)33(7,8)9)25(2)23-37-24-27-19-21-28(36-12)22-20-27/h17,19-22,25-26,29-30H,1,18,23-24H2,2-16H3/t25-,26+,29-,30-/m0/s1. The summed E-state index contributed by atoms with van der Waals surface area (Å²) >= 11 is 0. The minimum absolute atomic E-state index is 0.0179. The van der Waals surface area contributed by atoms with Gasteiger partial charge in [0.15, 0.2) is 16.6 Å². The SMILES string of the molecule is C=CC[C@H](O[Si](C)(C)C(C)(C)C)C(C)(C)C(=O)[C@H](C)[C@@H](O[Si](C)(C)C(C)(C)C)[C@@H](C)COCc1ccc(OC)cc1. The van der Waals surface area contributed by atoms with Gasteiger partial charge in [-0.1, -0.05) is 87.4 Å². The third-order valence-electron chi connectivity index (χ3n) is 9.58. The van der Waals surface area contributed by atoms with Crippen molar-refractivity contribution in [2.45, 2.75) is 131 Å². The van der Waals surface area contributed by atoms with Gasteiger partial charge in [-0.3, -0.25) is 4.79 Å². The second-order valence-electron chi connectivity index (χ2n) is 15.4. The average Bonchev–Trinajstić information content (AvgIpc) is 2.85. The number of methoxy groups -OCH3 is 1. The average molecular weight is 607 g/mol. The van der Waals surface area contributed by atoms with E-state index in [0.717, 1.165) is 11.3 Å². The Kier molecular flexibility index (Phi) is 13.3. The molecule has 0 saturated heterocycles. The molecule has 0 heterocycles. The van der Waals surface area contributed by atoms with Crippen molar-refractivity contribution in [2.75, 3.05) is 13.7 Å². The number of benzene rings is 1. The second kappa shape index (κ2) is 14.5. The normalized spacial score (nSPS) is 16.6. The van der Waals surface area contributed by atoms with E-state index >= 15 is 0 Å². The minimum Gasteiger partial charge on any atom is -0.497 e. The van der Waals surface area contributed by atoms with E-state index in [1.165, 1.54) is 0 Å². The van der Waals surface area contributed by atoms with Crippen LogP contribution in [0.25, 0.3) is 0 Å². The monoisotopic (exact) mass is 606 g/mol. The van der Waals surface area contributed by atoms with Crippen LogP contribution in [0.3, 0.4) is 0 Å². The van der Waals surface area contributed by atoms with Crippen LogP contribution in [0, 0.1) is 17.3 Å². The van der Waals surface area contributed by atoms with E-state index in [1.54, 1.807) is 7.11 Å². The van der Waals surface area contributed by atoms with Gasteiger partial charge < -0.3 is 18.3 Å². The Hall–Kier alpha value is -1.26. The molecule has 7 heteroatoms. The number of ether oxygens (including phenoxy) is 2. The molecule has 0 N–H and O–H groups in total. The predicted octanol–water partition coefficient (Wildman–Crippen LogP) is 9.44. The van der Waals surface area contributed by atoms with Crippen LogP contribution in [-0.4, -0.2) is 48.3 Å². The maximum Gasteiger partial charge on any atom is 0.192 e. The molecule has 0 unspecified atom stereocenters. The fourth-order valence-electron chi connectivity index (χ4n) is 4.48. The van der Waals surface area contributed by atoms with Crippen molar-refractivity contribution in [3.05, 3.63) is 42.5 Å². The quantitative estimate of drug-likeness (QED) is 0.139. The number of carbonyl (C=O) groups excluding carboxylic acids is 1. The van der Waals surface area contributed by atoms with E-state index in [4.69, 9.17) is 18.3 Å². The molecule has 0 aliphatic carbocycles. The summed E-state index contributed by atoms with van der Waals surface area (Å²) in [5, 5.41) is 0.0604. The van der Waals surface area contributed by atoms with E-state index < -0.39 is 22.0 Å². The first kappa shape index (κ1) is 37.8. The zero-order chi connectivity index (χ0) is 32.0. The number of rotatable bonds is 16. The number of Topliss-reactive ketones (excluding diaryl/α,β-unsaturated/α-hetero) is 1. The van der Waals surface area contributed by atoms with E-state index in [2.05, 4.69) is 81.2 Å². The first-order valence-corrected chi connectivity index (χ1v) is 21.0. The Morgan fingerprint density at radius 2 is 1.37 bits per heavy atom. The van der Waals surface area contributed by atoms with Crippen molar-refractivity contribution < 1.29 is 23.1 Å². The van der Waals surface area contributed by atoms with Gasteiger partial charge in [0.1, 0.15) is 11.5 Å². The highest BCUT2D eigenvalue weighted by molar-refractivity contribution is 6.74. The number of hydrogen-bond donors (Lipinski definition) is 0. The third kappa shape index (κ3) is 10.2. The zero-order valence-electron chi connectivity index (χ0n) is 29.1. The molecule has 5 nitrogen and oxygen atoms in total. The van der Waals surface area contributed by atoms with E-state index in [-0.39, 0.29) is 39.9 Å². The summed E-state index contributed by atoms with van der Waals surface area (Å²) in [7, 11) is -2.63. The summed E-state index contributed by atoms with van der Waals surface area (Å²) in [5.41, 5.74) is 0.377. The molecule has 4 atom stereocenters. The highest BCUT2D eigenvalue weighted by atomic mass is 28.4. The lowest BCUT2D eigenvalue weighted by Gasteiger charge is -2.46. The Morgan fingerprint density at radius 3 is 1.80 bits per heavy atom. The molecule has 0 aliphatic rings. The Morgan fingerprint density at radius 1 is 0.878 bits per heavy atom. The molecule has 0 radical (unpaired) electrons. The Bertz CT molecular complexity index is 970. The van der Waals surface area contributed by atoms with Gasteiger partial charge in [-0.05, 0) is 60.4 Å². The molecule has 0 amide bonds. The molecular formula is C34H62O5Si2. The van der Waals surface area contributed by atoms with Crippen LogP contribution in [0.1, 0.15) is 81.2 Å². The summed E-state index contributed by atoms with van der Waals surface area (Å²) in [4.78, 5) is 14.4. The van der Waals surface area contributed by atoms with Gasteiger partial charge in [0.05, 0.1) is 32.5 Å². The minimum atomic E-state index is -2.18. The van der Waals surface area contributed by atoms with Crippen LogP contribution >= 0.6 is 0 Å². The van der Waals surface area contributed by atoms with Crippen LogP contribution in [0.15, 0.2) is 36.9 Å². The summed E-state index contributed by atoms with van der Waals surface area (Å²) in [6, 6.07) is 7.92. The molecule has 236 valence electrons. The first-order chi connectivity index (χ1) is 18.5. The van der Waals surface area contributed by atoms with E-state index in [0.29, 0.717) is 19.6 Å². The van der Waals surface area contributed by atoms with Gasteiger partial charge in [0.2, 0.25) is 0 Å². The maximum absolute atomic E-state index is 14.4. The molecule has 0 bridgehead atoms. The highest BCUT2D eigenvalue weighted by Crippen LogP contribution is 2.43. The van der Waals surface area contributed by atoms with E-state index in [9.17, 15) is 4.79 Å². The number of carbonyl (C=O) groups is 1. The van der Waals surface area contributed by atoms with Gasteiger partial charge in [-0.25, -0.2) is 0 Å². The Labute approximate surface area is 255 Å². The third-order valence-corrected chi connectivity index (χ3v) is 18.5. The summed E-state index contributed by atoms with van der Waals surface area (Å²) in [6.07, 6.45) is 2.00. The van der Waals surface area contributed by atoms with Crippen molar-refractivity contribution in [3.8, 4) is 5.75 Å². The smallest absolute Gasteiger partial charge is 0.192 e. The molecule has 1 aromatic carbocycles. The molecule has 0 fully saturated rings. The molecule has 0 aromatic heterocycles. The summed E-state index contributed by atoms with van der Waals surface area (Å²) < 4.78 is 25.4. The van der Waals surface area contributed by atoms with Crippen molar-refractivity contribution >= 4 is 22.4 Å². The largest absolute Gasteiger partial charge is 0.497 e. The maximum atomic E-state index is 14.4. The molecule has 41 heavy (non-hydrogen) atoms. The lowest BCUT2D eigenvalue weighted by molar-refractivity contribution is -0.140. The second-order valence-corrected chi connectivity index (χ2v) is 25.0. The van der Waals surface area contributed by atoms with Gasteiger partial charge >= 0.3 is 0 Å². The van der Waals surface area contributed by atoms with Crippen LogP contribution in [0.5, 0.6) is 5.75 Å². The van der Waals surface area contributed by atoms with Crippen molar-refractivity contribution in [1.29, 1.82) is 0 Å². The van der Waals surface area contributed by atoms with Crippen LogP contribution < -0.4 is 4.74 Å². The van der Waals surface area contributed by atoms with Crippen molar-refractivity contribution in [2.24, 2.45) is 17.3 Å². The lowest BCUT2D eigenvalue weighted by atomic mass is 9.73. The number of ketones is 1. The molecule has 0 spiro atoms. The van der Waals surface area contributed by atoms with Crippen molar-refractivity contribution in [1.82, 2.24) is 0 Å². The molecule has 1 rings (SSSR count). The van der Waals surface area contributed by atoms with Gasteiger partial charge in [-0.15, -0.1) is 6.58 Å². The van der Waals surface area contributed by atoms with Gasteiger partial charge in [-0.2, -0.15) is 0 Å². The summed E-state index contributed by atoms with van der Waals surface area (Å²) in [6.45, 7) is 35.7.